The quantitative estimate of drug-likeness (QED) is 0.481. The Morgan fingerprint density at radius 1 is 1.15 bits per heavy atom. The highest BCUT2D eigenvalue weighted by atomic mass is 19.4. The maximum Gasteiger partial charge on any atom is 0.416 e. The van der Waals surface area contributed by atoms with E-state index in [-0.39, 0.29) is 37.4 Å². The molecule has 0 unspecified atom stereocenters. The molecule has 2 aromatic heterocycles. The minimum absolute atomic E-state index is 0.0709. The van der Waals surface area contributed by atoms with Gasteiger partial charge >= 0.3 is 6.18 Å². The van der Waals surface area contributed by atoms with Gasteiger partial charge in [-0.2, -0.15) is 13.2 Å². The van der Waals surface area contributed by atoms with Crippen LogP contribution in [0.4, 0.5) is 19.0 Å². The maximum atomic E-state index is 13.1. The number of benzene rings is 1. The predicted octanol–water partition coefficient (Wildman–Crippen LogP) is 2.80. The van der Waals surface area contributed by atoms with Gasteiger partial charge in [-0.3, -0.25) is 9.59 Å². The third-order valence-corrected chi connectivity index (χ3v) is 5.10. The van der Waals surface area contributed by atoms with Gasteiger partial charge in [-0.15, -0.1) is 0 Å². The Hall–Kier alpha value is -3.82. The van der Waals surface area contributed by atoms with E-state index in [0.29, 0.717) is 16.9 Å². The molecule has 0 atom stereocenters. The first-order chi connectivity index (χ1) is 15.6. The van der Waals surface area contributed by atoms with Gasteiger partial charge in [-0.1, -0.05) is 24.3 Å². The van der Waals surface area contributed by atoms with Gasteiger partial charge in [0.2, 0.25) is 5.91 Å². The molecule has 0 spiro atoms. The number of alkyl halides is 3. The molecule has 0 saturated carbocycles. The van der Waals surface area contributed by atoms with Crippen molar-refractivity contribution in [3.63, 3.8) is 0 Å². The lowest BCUT2D eigenvalue weighted by atomic mass is 10.0. The molecule has 7 nitrogen and oxygen atoms in total. The lowest BCUT2D eigenvalue weighted by Gasteiger charge is -2.15. The van der Waals surface area contributed by atoms with Gasteiger partial charge in [0.1, 0.15) is 5.82 Å². The van der Waals surface area contributed by atoms with E-state index in [9.17, 15) is 22.8 Å². The van der Waals surface area contributed by atoms with Crippen LogP contribution in [-0.2, 0) is 30.4 Å². The molecule has 2 heterocycles. The summed E-state index contributed by atoms with van der Waals surface area (Å²) >= 11 is 0. The van der Waals surface area contributed by atoms with Gasteiger partial charge < -0.3 is 16.5 Å². The Bertz CT molecular complexity index is 1170. The van der Waals surface area contributed by atoms with Gasteiger partial charge in [-0.25, -0.2) is 9.66 Å². The Labute approximate surface area is 188 Å². The number of rotatable bonds is 8. The van der Waals surface area contributed by atoms with E-state index in [2.05, 4.69) is 15.7 Å². The Balaban J connectivity index is 1.63. The topological polar surface area (TPSA) is 102 Å². The molecule has 0 radical (unpaired) electrons. The molecule has 3 rings (SSSR count). The van der Waals surface area contributed by atoms with Gasteiger partial charge in [-0.05, 0) is 48.2 Å². The van der Waals surface area contributed by atoms with Crippen LogP contribution >= 0.6 is 0 Å². The molecule has 4 N–H and O–H groups in total. The van der Waals surface area contributed by atoms with Crippen LogP contribution in [0.3, 0.4) is 0 Å². The summed E-state index contributed by atoms with van der Waals surface area (Å²) in [5, 5.41) is 2.73. The molecule has 0 fully saturated rings. The predicted molar refractivity (Wildman–Crippen MR) is 119 cm³/mol. The second-order valence-corrected chi connectivity index (χ2v) is 7.51. The van der Waals surface area contributed by atoms with E-state index in [1.54, 1.807) is 37.4 Å². The van der Waals surface area contributed by atoms with E-state index in [1.807, 2.05) is 0 Å². The number of hydrogen-bond donors (Lipinski definition) is 3. The second-order valence-electron chi connectivity index (χ2n) is 7.51. The lowest BCUT2D eigenvalue weighted by Crippen LogP contribution is -2.35. The fourth-order valence-electron chi connectivity index (χ4n) is 3.30. The number of carbonyl (C=O) groups excluding carboxylic acids is 1. The summed E-state index contributed by atoms with van der Waals surface area (Å²) in [7, 11) is 0. The normalized spacial score (nSPS) is 11.3. The highest BCUT2D eigenvalue weighted by molar-refractivity contribution is 5.78. The number of aromatic nitrogens is 2. The first kappa shape index (κ1) is 23.8. The number of nitrogens with one attached hydrogen (secondary N) is 2. The van der Waals surface area contributed by atoms with Gasteiger partial charge in [0.25, 0.3) is 5.56 Å². The third kappa shape index (κ3) is 6.34. The van der Waals surface area contributed by atoms with Crippen LogP contribution in [-0.4, -0.2) is 22.1 Å². The molecule has 0 aliphatic carbocycles. The minimum atomic E-state index is -4.44. The standard InChI is InChI=1S/C23H24F3N5O2/c1-15-9-11-31(30-10-8-17-4-2-3-5-19(17)23(24,25)26)22(33)18(15)12-21(32)29-14-16-6-7-20(27)28-13-16/h2-7,9,11,13,30H,8,10,12,14H2,1H3,(H2,27,28)(H,29,32). The SMILES string of the molecule is Cc1ccn(NCCc2ccccc2C(F)(F)F)c(=O)c1CC(=O)NCc1ccc(N)nc1. The zero-order valence-electron chi connectivity index (χ0n) is 17.9. The van der Waals surface area contributed by atoms with Crippen molar-refractivity contribution in [2.45, 2.75) is 32.5 Å². The average Bonchev–Trinajstić information content (AvgIpc) is 2.77. The van der Waals surface area contributed by atoms with E-state index >= 15 is 0 Å². The zero-order valence-corrected chi connectivity index (χ0v) is 17.9. The maximum absolute atomic E-state index is 13.1. The third-order valence-electron chi connectivity index (χ3n) is 5.10. The van der Waals surface area contributed by atoms with Crippen molar-refractivity contribution in [2.75, 3.05) is 17.7 Å². The van der Waals surface area contributed by atoms with Gasteiger partial charge in [0.15, 0.2) is 0 Å². The van der Waals surface area contributed by atoms with Crippen molar-refractivity contribution in [1.29, 1.82) is 0 Å². The largest absolute Gasteiger partial charge is 0.416 e. The second kappa shape index (κ2) is 10.2. The number of nitrogen functional groups attached to an aromatic ring is 1. The summed E-state index contributed by atoms with van der Waals surface area (Å²) in [5.41, 5.74) is 9.08. The fourth-order valence-corrected chi connectivity index (χ4v) is 3.30. The molecule has 0 aliphatic rings. The number of halogens is 3. The number of aryl methyl sites for hydroxylation is 1. The average molecular weight is 459 g/mol. The Morgan fingerprint density at radius 3 is 2.61 bits per heavy atom. The number of anilines is 1. The van der Waals surface area contributed by atoms with Gasteiger partial charge in [0.05, 0.1) is 12.0 Å². The zero-order chi connectivity index (χ0) is 24.0. The summed E-state index contributed by atoms with van der Waals surface area (Å²) in [5.74, 6) is 0.0313. The smallest absolute Gasteiger partial charge is 0.384 e. The van der Waals surface area contributed by atoms with Crippen LogP contribution in [0.15, 0.2) is 59.7 Å². The Morgan fingerprint density at radius 2 is 1.91 bits per heavy atom. The molecule has 0 saturated heterocycles. The van der Waals surface area contributed by atoms with Crippen LogP contribution in [0, 0.1) is 6.92 Å². The number of pyridine rings is 2. The molecule has 1 aromatic carbocycles. The first-order valence-electron chi connectivity index (χ1n) is 10.2. The lowest BCUT2D eigenvalue weighted by molar-refractivity contribution is -0.138. The number of nitrogens with zero attached hydrogens (tertiary/aromatic N) is 2. The molecule has 1 amide bonds. The monoisotopic (exact) mass is 459 g/mol. The van der Waals surface area contributed by atoms with E-state index in [4.69, 9.17) is 5.73 Å². The van der Waals surface area contributed by atoms with E-state index in [0.717, 1.165) is 11.6 Å². The number of amides is 1. The van der Waals surface area contributed by atoms with Crippen molar-refractivity contribution in [3.8, 4) is 0 Å². The highest BCUT2D eigenvalue weighted by Crippen LogP contribution is 2.31. The molecule has 33 heavy (non-hydrogen) atoms. The molecule has 174 valence electrons. The van der Waals surface area contributed by atoms with Gasteiger partial charge in [0, 0.05) is 31.0 Å². The minimum Gasteiger partial charge on any atom is -0.384 e. The number of carbonyl (C=O) groups is 1. The number of hydrogen-bond acceptors (Lipinski definition) is 5. The molecule has 0 bridgehead atoms. The van der Waals surface area contributed by atoms with Crippen LogP contribution in [0.25, 0.3) is 0 Å². The summed E-state index contributed by atoms with van der Waals surface area (Å²) in [4.78, 5) is 29.1. The van der Waals surface area contributed by atoms with E-state index < -0.39 is 17.3 Å². The summed E-state index contributed by atoms with van der Waals surface area (Å²) < 4.78 is 40.6. The molecular weight excluding hydrogens is 435 g/mol. The highest BCUT2D eigenvalue weighted by Gasteiger charge is 2.32. The van der Waals surface area contributed by atoms with Crippen LogP contribution < -0.4 is 22.0 Å². The Kier molecular flexibility index (Phi) is 7.37. The van der Waals surface area contributed by atoms with Crippen molar-refractivity contribution in [1.82, 2.24) is 15.0 Å². The molecule has 0 aliphatic heterocycles. The first-order valence-corrected chi connectivity index (χ1v) is 10.2. The van der Waals surface area contributed by atoms with Crippen LogP contribution in [0.1, 0.15) is 27.8 Å². The van der Waals surface area contributed by atoms with Crippen molar-refractivity contribution in [2.24, 2.45) is 0 Å². The summed E-state index contributed by atoms with van der Waals surface area (Å²) in [6.07, 6.45) is -1.46. The van der Waals surface area contributed by atoms with Crippen molar-refractivity contribution in [3.05, 3.63) is 93.0 Å². The van der Waals surface area contributed by atoms with Crippen LogP contribution in [0.5, 0.6) is 0 Å². The van der Waals surface area contributed by atoms with Crippen LogP contribution in [0.2, 0.25) is 0 Å². The van der Waals surface area contributed by atoms with E-state index in [1.165, 1.54) is 23.0 Å². The fraction of sp³-hybridized carbons (Fsp3) is 0.261. The summed E-state index contributed by atoms with van der Waals surface area (Å²) in [6, 6.07) is 10.4. The van der Waals surface area contributed by atoms with Crippen molar-refractivity contribution >= 4 is 11.7 Å². The number of nitrogens with two attached hydrogens (primary N) is 1. The summed E-state index contributed by atoms with van der Waals surface area (Å²) in [6.45, 7) is 2.06. The molecular formula is C23H24F3N5O2. The molecule has 3 aromatic rings. The molecule has 10 heteroatoms. The van der Waals surface area contributed by atoms with Crippen molar-refractivity contribution < 1.29 is 18.0 Å².